The quantitative estimate of drug-likeness (QED) is 0.747. The number of aryl methyl sites for hydroxylation is 1. The van der Waals surface area contributed by atoms with Gasteiger partial charge in [-0.3, -0.25) is 4.98 Å². The van der Waals surface area contributed by atoms with E-state index in [1.165, 1.54) is 12.4 Å². The summed E-state index contributed by atoms with van der Waals surface area (Å²) >= 11 is 0. The highest BCUT2D eigenvalue weighted by Gasteiger charge is 2.19. The first-order valence-electron chi connectivity index (χ1n) is 6.37. The van der Waals surface area contributed by atoms with Gasteiger partial charge < -0.3 is 0 Å². The van der Waals surface area contributed by atoms with E-state index in [4.69, 9.17) is 0 Å². The van der Waals surface area contributed by atoms with Crippen LogP contribution in [0.2, 0.25) is 0 Å². The normalized spacial score (nSPS) is 11.9. The number of aromatic nitrogens is 2. The summed E-state index contributed by atoms with van der Waals surface area (Å²) in [6.45, 7) is 1.16. The molecular formula is C15H13FN2O2S. The SMILES string of the molecule is Cc1ccc(S(=O)(=O)n2ccc3c(CF)nccc32)cc1. The van der Waals surface area contributed by atoms with Crippen LogP contribution in [0.5, 0.6) is 0 Å². The zero-order chi connectivity index (χ0) is 15.0. The van der Waals surface area contributed by atoms with Gasteiger partial charge in [-0.25, -0.2) is 16.8 Å². The van der Waals surface area contributed by atoms with E-state index in [-0.39, 0.29) is 10.6 Å². The minimum atomic E-state index is -3.70. The van der Waals surface area contributed by atoms with Crippen LogP contribution in [-0.4, -0.2) is 17.4 Å². The van der Waals surface area contributed by atoms with E-state index in [0.717, 1.165) is 9.54 Å². The molecule has 0 unspecified atom stereocenters. The van der Waals surface area contributed by atoms with Crippen molar-refractivity contribution >= 4 is 20.9 Å². The number of hydrogen-bond acceptors (Lipinski definition) is 3. The minimum Gasteiger partial charge on any atom is -0.258 e. The van der Waals surface area contributed by atoms with Gasteiger partial charge in [-0.1, -0.05) is 17.7 Å². The lowest BCUT2D eigenvalue weighted by atomic mass is 10.2. The number of halogens is 1. The number of alkyl halides is 1. The van der Waals surface area contributed by atoms with Gasteiger partial charge in [0.2, 0.25) is 0 Å². The van der Waals surface area contributed by atoms with Crippen LogP contribution in [0.1, 0.15) is 11.3 Å². The second-order valence-corrected chi connectivity index (χ2v) is 6.57. The van der Waals surface area contributed by atoms with Gasteiger partial charge in [0.1, 0.15) is 6.67 Å². The average molecular weight is 304 g/mol. The first-order chi connectivity index (χ1) is 10.0. The highest BCUT2D eigenvalue weighted by atomic mass is 32.2. The van der Waals surface area contributed by atoms with Crippen molar-refractivity contribution in [1.82, 2.24) is 8.96 Å². The van der Waals surface area contributed by atoms with Crippen LogP contribution < -0.4 is 0 Å². The van der Waals surface area contributed by atoms with Gasteiger partial charge in [0, 0.05) is 17.8 Å². The largest absolute Gasteiger partial charge is 0.268 e. The number of rotatable bonds is 3. The number of hydrogen-bond donors (Lipinski definition) is 0. The molecule has 0 spiro atoms. The van der Waals surface area contributed by atoms with E-state index in [1.807, 2.05) is 6.92 Å². The van der Waals surface area contributed by atoms with Gasteiger partial charge in [0.25, 0.3) is 10.0 Å². The number of pyridine rings is 1. The third-order valence-electron chi connectivity index (χ3n) is 3.37. The van der Waals surface area contributed by atoms with Crippen molar-refractivity contribution in [1.29, 1.82) is 0 Å². The molecule has 0 N–H and O–H groups in total. The van der Waals surface area contributed by atoms with Gasteiger partial charge in [0.05, 0.1) is 16.1 Å². The van der Waals surface area contributed by atoms with Crippen molar-refractivity contribution in [2.75, 3.05) is 0 Å². The predicted molar refractivity (Wildman–Crippen MR) is 78.3 cm³/mol. The molecule has 1 aromatic carbocycles. The molecule has 3 rings (SSSR count). The molecular weight excluding hydrogens is 291 g/mol. The van der Waals surface area contributed by atoms with Crippen molar-refractivity contribution < 1.29 is 12.8 Å². The standard InChI is InChI=1S/C15H13FN2O2S/c1-11-2-4-12(5-3-11)21(19,20)18-9-7-13-14(10-16)17-8-6-15(13)18/h2-9H,10H2,1H3. The predicted octanol–water partition coefficient (Wildman–Crippen LogP) is 3.05. The molecule has 108 valence electrons. The van der Waals surface area contributed by atoms with Crippen LogP contribution in [-0.2, 0) is 16.7 Å². The summed E-state index contributed by atoms with van der Waals surface area (Å²) in [5, 5.41) is 0.510. The van der Waals surface area contributed by atoms with E-state index in [9.17, 15) is 12.8 Å². The van der Waals surface area contributed by atoms with Crippen molar-refractivity contribution in [3.8, 4) is 0 Å². The van der Waals surface area contributed by atoms with Gasteiger partial charge in [0.15, 0.2) is 0 Å². The lowest BCUT2D eigenvalue weighted by Crippen LogP contribution is -2.11. The Kier molecular flexibility index (Phi) is 3.25. The molecule has 0 aliphatic carbocycles. The van der Waals surface area contributed by atoms with Crippen molar-refractivity contribution in [2.24, 2.45) is 0 Å². The van der Waals surface area contributed by atoms with Gasteiger partial charge in [-0.05, 0) is 31.2 Å². The molecule has 2 heterocycles. The molecule has 0 radical (unpaired) electrons. The van der Waals surface area contributed by atoms with Gasteiger partial charge >= 0.3 is 0 Å². The fraction of sp³-hybridized carbons (Fsp3) is 0.133. The summed E-state index contributed by atoms with van der Waals surface area (Å²) in [4.78, 5) is 4.12. The maximum Gasteiger partial charge on any atom is 0.268 e. The molecule has 0 saturated carbocycles. The maximum absolute atomic E-state index is 12.9. The molecule has 6 heteroatoms. The Bertz CT molecular complexity index is 899. The molecule has 0 atom stereocenters. The highest BCUT2D eigenvalue weighted by molar-refractivity contribution is 7.90. The average Bonchev–Trinajstić information content (AvgIpc) is 2.92. The summed E-state index contributed by atoms with van der Waals surface area (Å²) in [5.41, 5.74) is 1.65. The van der Waals surface area contributed by atoms with Crippen molar-refractivity contribution in [3.05, 3.63) is 60.0 Å². The monoisotopic (exact) mass is 304 g/mol. The summed E-state index contributed by atoms with van der Waals surface area (Å²) in [6.07, 6.45) is 2.85. The Morgan fingerprint density at radius 3 is 2.52 bits per heavy atom. The van der Waals surface area contributed by atoms with Crippen LogP contribution in [0.15, 0.2) is 53.7 Å². The maximum atomic E-state index is 12.9. The van der Waals surface area contributed by atoms with E-state index in [0.29, 0.717) is 10.9 Å². The van der Waals surface area contributed by atoms with Crippen LogP contribution in [0.4, 0.5) is 4.39 Å². The Balaban J connectivity index is 2.22. The third kappa shape index (κ3) is 2.21. The summed E-state index contributed by atoms with van der Waals surface area (Å²) in [7, 11) is -3.70. The topological polar surface area (TPSA) is 52.0 Å². The Morgan fingerprint density at radius 1 is 1.14 bits per heavy atom. The first-order valence-corrected chi connectivity index (χ1v) is 7.81. The second kappa shape index (κ2) is 4.96. The van der Waals surface area contributed by atoms with Crippen LogP contribution in [0.25, 0.3) is 10.9 Å². The molecule has 0 amide bonds. The molecule has 21 heavy (non-hydrogen) atoms. The Hall–Kier alpha value is -2.21. The minimum absolute atomic E-state index is 0.198. The highest BCUT2D eigenvalue weighted by Crippen LogP contribution is 2.24. The molecule has 2 aromatic heterocycles. The van der Waals surface area contributed by atoms with Crippen molar-refractivity contribution in [3.63, 3.8) is 0 Å². The smallest absolute Gasteiger partial charge is 0.258 e. The lowest BCUT2D eigenvalue weighted by molar-refractivity contribution is 0.479. The molecule has 0 aliphatic heterocycles. The van der Waals surface area contributed by atoms with E-state index in [2.05, 4.69) is 4.98 Å². The number of nitrogens with zero attached hydrogens (tertiary/aromatic N) is 2. The molecule has 0 saturated heterocycles. The van der Waals surface area contributed by atoms with Gasteiger partial charge in [-0.2, -0.15) is 0 Å². The number of benzene rings is 1. The number of fused-ring (bicyclic) bond motifs is 1. The molecule has 4 nitrogen and oxygen atoms in total. The fourth-order valence-corrected chi connectivity index (χ4v) is 3.59. The molecule has 3 aromatic rings. The lowest BCUT2D eigenvalue weighted by Gasteiger charge is -2.08. The second-order valence-electron chi connectivity index (χ2n) is 4.75. The molecule has 0 fully saturated rings. The van der Waals surface area contributed by atoms with E-state index >= 15 is 0 Å². The van der Waals surface area contributed by atoms with Crippen LogP contribution >= 0.6 is 0 Å². The van der Waals surface area contributed by atoms with Crippen molar-refractivity contribution in [2.45, 2.75) is 18.5 Å². The molecule has 0 bridgehead atoms. The Labute approximate surface area is 121 Å². The van der Waals surface area contributed by atoms with Crippen LogP contribution in [0.3, 0.4) is 0 Å². The summed E-state index contributed by atoms with van der Waals surface area (Å²) < 4.78 is 39.4. The summed E-state index contributed by atoms with van der Waals surface area (Å²) in [6, 6.07) is 9.75. The molecule has 0 aliphatic rings. The first kappa shape index (κ1) is 13.8. The van der Waals surface area contributed by atoms with Gasteiger partial charge in [-0.15, -0.1) is 0 Å². The summed E-state index contributed by atoms with van der Waals surface area (Å²) in [5.74, 6) is 0. The van der Waals surface area contributed by atoms with E-state index in [1.54, 1.807) is 36.4 Å². The fourth-order valence-electron chi connectivity index (χ4n) is 2.24. The van der Waals surface area contributed by atoms with E-state index < -0.39 is 16.7 Å². The van der Waals surface area contributed by atoms with Crippen LogP contribution in [0, 0.1) is 6.92 Å². The zero-order valence-electron chi connectivity index (χ0n) is 11.3. The third-order valence-corrected chi connectivity index (χ3v) is 5.07. The zero-order valence-corrected chi connectivity index (χ0v) is 12.1. The Morgan fingerprint density at radius 2 is 1.86 bits per heavy atom.